The Labute approximate surface area is 198 Å². The van der Waals surface area contributed by atoms with Crippen molar-refractivity contribution < 1.29 is 4.79 Å². The first-order chi connectivity index (χ1) is 16.6. The Morgan fingerprint density at radius 1 is 0.853 bits per heavy atom. The number of rotatable bonds is 5. The van der Waals surface area contributed by atoms with Crippen LogP contribution < -0.4 is 5.43 Å². The number of carbonyl (C=O) groups is 1. The first kappa shape index (κ1) is 21.3. The van der Waals surface area contributed by atoms with Crippen LogP contribution in [-0.2, 0) is 0 Å². The minimum Gasteiger partial charge on any atom is -0.265 e. The lowest BCUT2D eigenvalue weighted by molar-refractivity contribution is 0.0949. The average Bonchev–Trinajstić information content (AvgIpc) is 3.30. The van der Waals surface area contributed by atoms with Gasteiger partial charge in [-0.15, -0.1) is 0 Å². The van der Waals surface area contributed by atoms with Gasteiger partial charge in [-0.05, 0) is 53.9 Å². The minimum absolute atomic E-state index is 0.297. The van der Waals surface area contributed by atoms with Gasteiger partial charge in [-0.1, -0.05) is 84.4 Å². The van der Waals surface area contributed by atoms with E-state index in [1.807, 2.05) is 85.3 Å². The molecule has 5 nitrogen and oxygen atoms in total. The quantitative estimate of drug-likeness (QED) is 0.264. The lowest BCUT2D eigenvalue weighted by Gasteiger charge is -2.10. The number of aromatic nitrogens is 2. The standard InChI is InChI=1S/C29H24N4O/c1-20-13-15-22(16-14-20)19-30-31-29(34)27-18-28(33(32-27)24-10-5-7-21(2)17-24)26-12-6-9-23-8-3-4-11-25(23)26/h3-19H,1-2H3,(H,31,34)/b30-19-. The highest BCUT2D eigenvalue weighted by atomic mass is 16.2. The molecule has 0 aliphatic heterocycles. The molecule has 34 heavy (non-hydrogen) atoms. The number of benzene rings is 4. The predicted molar refractivity (Wildman–Crippen MR) is 137 cm³/mol. The van der Waals surface area contributed by atoms with Gasteiger partial charge in [0.1, 0.15) is 0 Å². The molecule has 0 aliphatic rings. The zero-order chi connectivity index (χ0) is 23.5. The van der Waals surface area contributed by atoms with Crippen LogP contribution in [-0.4, -0.2) is 21.9 Å². The summed E-state index contributed by atoms with van der Waals surface area (Å²) in [5.41, 5.74) is 8.85. The van der Waals surface area contributed by atoms with Crippen molar-refractivity contribution in [2.75, 3.05) is 0 Å². The summed E-state index contributed by atoms with van der Waals surface area (Å²) in [7, 11) is 0. The van der Waals surface area contributed by atoms with Gasteiger partial charge in [0.25, 0.3) is 5.91 Å². The Balaban J connectivity index is 1.54. The lowest BCUT2D eigenvalue weighted by atomic mass is 10.0. The third kappa shape index (κ3) is 4.36. The second-order valence-corrected chi connectivity index (χ2v) is 8.30. The van der Waals surface area contributed by atoms with Crippen molar-refractivity contribution >= 4 is 22.9 Å². The molecule has 4 aromatic carbocycles. The monoisotopic (exact) mass is 444 g/mol. The largest absolute Gasteiger partial charge is 0.291 e. The maximum absolute atomic E-state index is 12.9. The van der Waals surface area contributed by atoms with Gasteiger partial charge in [-0.2, -0.15) is 10.2 Å². The minimum atomic E-state index is -0.365. The predicted octanol–water partition coefficient (Wildman–Crippen LogP) is 6.07. The summed E-state index contributed by atoms with van der Waals surface area (Å²) >= 11 is 0. The summed E-state index contributed by atoms with van der Waals surface area (Å²) in [5, 5.41) is 11.0. The van der Waals surface area contributed by atoms with Crippen LogP contribution in [0, 0.1) is 13.8 Å². The number of amides is 1. The highest BCUT2D eigenvalue weighted by molar-refractivity contribution is 5.99. The Morgan fingerprint density at radius 2 is 1.62 bits per heavy atom. The van der Waals surface area contributed by atoms with Crippen LogP contribution in [0.4, 0.5) is 0 Å². The van der Waals surface area contributed by atoms with Crippen molar-refractivity contribution in [2.45, 2.75) is 13.8 Å². The molecular weight excluding hydrogens is 420 g/mol. The number of hydrazone groups is 1. The zero-order valence-corrected chi connectivity index (χ0v) is 19.1. The van der Waals surface area contributed by atoms with Crippen molar-refractivity contribution in [3.63, 3.8) is 0 Å². The second-order valence-electron chi connectivity index (χ2n) is 8.30. The molecule has 1 heterocycles. The third-order valence-electron chi connectivity index (χ3n) is 5.71. The molecule has 0 spiro atoms. The van der Waals surface area contributed by atoms with Crippen LogP contribution in [0.2, 0.25) is 0 Å². The Kier molecular flexibility index (Phi) is 5.75. The number of hydrogen-bond donors (Lipinski definition) is 1. The smallest absolute Gasteiger partial charge is 0.265 e. The molecule has 5 aromatic rings. The molecule has 1 amide bonds. The molecule has 166 valence electrons. The molecule has 0 radical (unpaired) electrons. The van der Waals surface area contributed by atoms with Gasteiger partial charge in [-0.3, -0.25) is 4.79 Å². The van der Waals surface area contributed by atoms with Crippen LogP contribution in [0.5, 0.6) is 0 Å². The van der Waals surface area contributed by atoms with Crippen LogP contribution in [0.15, 0.2) is 102 Å². The molecule has 0 atom stereocenters. The summed E-state index contributed by atoms with van der Waals surface area (Å²) in [6.07, 6.45) is 1.63. The highest BCUT2D eigenvalue weighted by Gasteiger charge is 2.18. The molecule has 5 heteroatoms. The van der Waals surface area contributed by atoms with Gasteiger partial charge in [-0.25, -0.2) is 10.1 Å². The first-order valence-electron chi connectivity index (χ1n) is 11.1. The molecule has 1 aromatic heterocycles. The fourth-order valence-electron chi connectivity index (χ4n) is 3.96. The van der Waals surface area contributed by atoms with Gasteiger partial charge in [0, 0.05) is 5.56 Å². The molecule has 5 rings (SSSR count). The van der Waals surface area contributed by atoms with Crippen molar-refractivity contribution in [3.05, 3.63) is 119 Å². The number of nitrogens with one attached hydrogen (secondary N) is 1. The molecule has 0 saturated heterocycles. The van der Waals surface area contributed by atoms with E-state index >= 15 is 0 Å². The summed E-state index contributed by atoms with van der Waals surface area (Å²) in [5.74, 6) is -0.365. The highest BCUT2D eigenvalue weighted by Crippen LogP contribution is 2.31. The Morgan fingerprint density at radius 3 is 2.44 bits per heavy atom. The van der Waals surface area contributed by atoms with Gasteiger partial charge in [0.15, 0.2) is 5.69 Å². The van der Waals surface area contributed by atoms with Gasteiger partial charge in [0.05, 0.1) is 17.6 Å². The van der Waals surface area contributed by atoms with E-state index in [9.17, 15) is 4.79 Å². The van der Waals surface area contributed by atoms with E-state index in [0.29, 0.717) is 5.69 Å². The fourth-order valence-corrected chi connectivity index (χ4v) is 3.96. The summed E-state index contributed by atoms with van der Waals surface area (Å²) in [6, 6.07) is 32.2. The number of nitrogens with zero attached hydrogens (tertiary/aromatic N) is 3. The molecular formula is C29H24N4O. The topological polar surface area (TPSA) is 59.3 Å². The van der Waals surface area contributed by atoms with E-state index in [4.69, 9.17) is 0 Å². The van der Waals surface area contributed by atoms with E-state index in [-0.39, 0.29) is 5.91 Å². The maximum atomic E-state index is 12.9. The first-order valence-corrected chi connectivity index (χ1v) is 11.1. The van der Waals surface area contributed by atoms with E-state index in [0.717, 1.165) is 38.8 Å². The molecule has 0 bridgehead atoms. The van der Waals surface area contributed by atoms with Crippen molar-refractivity contribution in [2.24, 2.45) is 5.10 Å². The van der Waals surface area contributed by atoms with Crippen LogP contribution >= 0.6 is 0 Å². The van der Waals surface area contributed by atoms with E-state index < -0.39 is 0 Å². The van der Waals surface area contributed by atoms with Gasteiger partial charge in [0.2, 0.25) is 0 Å². The SMILES string of the molecule is Cc1ccc(/C=N\NC(=O)c2cc(-c3cccc4ccccc34)n(-c3cccc(C)c3)n2)cc1. The molecule has 1 N–H and O–H groups in total. The molecule has 0 aliphatic carbocycles. The van der Waals surface area contributed by atoms with E-state index in [1.54, 1.807) is 6.21 Å². The van der Waals surface area contributed by atoms with Gasteiger partial charge < -0.3 is 0 Å². The molecule has 0 unspecified atom stereocenters. The van der Waals surface area contributed by atoms with Crippen LogP contribution in [0.25, 0.3) is 27.7 Å². The van der Waals surface area contributed by atoms with Crippen LogP contribution in [0.1, 0.15) is 27.2 Å². The normalized spacial score (nSPS) is 11.2. The number of carbonyl (C=O) groups excluding carboxylic acids is 1. The summed E-state index contributed by atoms with van der Waals surface area (Å²) < 4.78 is 1.83. The maximum Gasteiger partial charge on any atom is 0.291 e. The Bertz CT molecular complexity index is 1510. The number of hydrogen-bond acceptors (Lipinski definition) is 3. The van der Waals surface area contributed by atoms with E-state index in [1.165, 1.54) is 5.56 Å². The van der Waals surface area contributed by atoms with Crippen LogP contribution in [0.3, 0.4) is 0 Å². The van der Waals surface area contributed by atoms with Crippen molar-refractivity contribution in [1.29, 1.82) is 0 Å². The number of fused-ring (bicyclic) bond motifs is 1. The second kappa shape index (κ2) is 9.16. The summed E-state index contributed by atoms with van der Waals surface area (Å²) in [4.78, 5) is 12.9. The molecule has 0 saturated carbocycles. The average molecular weight is 445 g/mol. The lowest BCUT2D eigenvalue weighted by Crippen LogP contribution is -2.18. The van der Waals surface area contributed by atoms with Crippen molar-refractivity contribution in [3.8, 4) is 16.9 Å². The summed E-state index contributed by atoms with van der Waals surface area (Å²) in [6.45, 7) is 4.07. The zero-order valence-electron chi connectivity index (χ0n) is 19.1. The fraction of sp³-hybridized carbons (Fsp3) is 0.0690. The van der Waals surface area contributed by atoms with Crippen molar-refractivity contribution in [1.82, 2.24) is 15.2 Å². The van der Waals surface area contributed by atoms with E-state index in [2.05, 4.69) is 46.0 Å². The molecule has 0 fully saturated rings. The third-order valence-corrected chi connectivity index (χ3v) is 5.71. The van der Waals surface area contributed by atoms with Gasteiger partial charge >= 0.3 is 0 Å². The Hall–Kier alpha value is -4.51. The number of aryl methyl sites for hydroxylation is 2.